The zero-order valence-corrected chi connectivity index (χ0v) is 20.9. The lowest BCUT2D eigenvalue weighted by molar-refractivity contribution is -0.125. The Hall–Kier alpha value is -3.12. The van der Waals surface area contributed by atoms with E-state index >= 15 is 0 Å². The smallest absolute Gasteiger partial charge is 0.318 e. The summed E-state index contributed by atoms with van der Waals surface area (Å²) in [6.45, 7) is 2.74. The molecule has 9 nitrogen and oxygen atoms in total. The van der Waals surface area contributed by atoms with Gasteiger partial charge in [0.25, 0.3) is 5.91 Å². The van der Waals surface area contributed by atoms with Crippen LogP contribution < -0.4 is 10.6 Å². The van der Waals surface area contributed by atoms with Crippen LogP contribution in [0.2, 0.25) is 0 Å². The summed E-state index contributed by atoms with van der Waals surface area (Å²) in [6.07, 6.45) is 6.87. The summed E-state index contributed by atoms with van der Waals surface area (Å²) in [5, 5.41) is 16.0. The highest BCUT2D eigenvalue weighted by atomic mass is 16.5. The van der Waals surface area contributed by atoms with Crippen molar-refractivity contribution in [1.82, 2.24) is 20.4 Å². The molecule has 2 N–H and O–H groups in total. The summed E-state index contributed by atoms with van der Waals surface area (Å²) in [7, 11) is 0. The van der Waals surface area contributed by atoms with Crippen LogP contribution in [0.4, 0.5) is 4.79 Å². The molecule has 3 aliphatic rings. The van der Waals surface area contributed by atoms with Crippen LogP contribution in [0.25, 0.3) is 0 Å². The van der Waals surface area contributed by atoms with Gasteiger partial charge in [0.1, 0.15) is 11.6 Å². The molecule has 1 aromatic carbocycles. The molecule has 4 rings (SSSR count). The molecule has 0 spiro atoms. The summed E-state index contributed by atoms with van der Waals surface area (Å²) in [6, 6.07) is 10.4. The molecule has 0 aromatic heterocycles. The predicted molar refractivity (Wildman–Crippen MR) is 134 cm³/mol. The van der Waals surface area contributed by atoms with Gasteiger partial charge in [0.05, 0.1) is 19.3 Å². The van der Waals surface area contributed by atoms with Gasteiger partial charge in [-0.3, -0.25) is 9.59 Å². The average molecular weight is 496 g/mol. The van der Waals surface area contributed by atoms with Gasteiger partial charge in [-0.1, -0.05) is 50.3 Å². The Balaban J connectivity index is 1.39. The van der Waals surface area contributed by atoms with Crippen molar-refractivity contribution in [1.29, 1.82) is 5.26 Å². The van der Waals surface area contributed by atoms with E-state index < -0.39 is 11.6 Å². The van der Waals surface area contributed by atoms with Gasteiger partial charge in [0.2, 0.25) is 5.91 Å². The third-order valence-corrected chi connectivity index (χ3v) is 7.71. The van der Waals surface area contributed by atoms with E-state index in [1.54, 1.807) is 21.9 Å². The molecule has 194 valence electrons. The number of hydrogen-bond acceptors (Lipinski definition) is 5. The fraction of sp³-hybridized carbons (Fsp3) is 0.630. The van der Waals surface area contributed by atoms with Gasteiger partial charge in [-0.25, -0.2) is 4.79 Å². The lowest BCUT2D eigenvalue weighted by Crippen LogP contribution is -2.60. The molecule has 2 heterocycles. The number of morpholine rings is 1. The van der Waals surface area contributed by atoms with Crippen molar-refractivity contribution in [3.05, 3.63) is 35.9 Å². The zero-order valence-electron chi connectivity index (χ0n) is 20.9. The van der Waals surface area contributed by atoms with Gasteiger partial charge in [0, 0.05) is 44.6 Å². The SMILES string of the molecule is N#CC1(NC(=O)C(CC2CCCCC2)NC(=O)N2CCOCC2)CCN(C(=O)c2ccccc2)CC1. The van der Waals surface area contributed by atoms with Gasteiger partial charge >= 0.3 is 6.03 Å². The van der Waals surface area contributed by atoms with E-state index in [4.69, 9.17) is 4.74 Å². The van der Waals surface area contributed by atoms with Gasteiger partial charge in [-0.15, -0.1) is 0 Å². The number of urea groups is 1. The number of benzene rings is 1. The van der Waals surface area contributed by atoms with Crippen molar-refractivity contribution in [2.75, 3.05) is 39.4 Å². The summed E-state index contributed by atoms with van der Waals surface area (Å²) in [4.78, 5) is 42.7. The van der Waals surface area contributed by atoms with Crippen molar-refractivity contribution in [2.45, 2.75) is 62.9 Å². The monoisotopic (exact) mass is 495 g/mol. The molecular formula is C27H37N5O4. The van der Waals surface area contributed by atoms with Gasteiger partial charge in [0.15, 0.2) is 0 Å². The van der Waals surface area contributed by atoms with E-state index in [2.05, 4.69) is 16.7 Å². The highest BCUT2D eigenvalue weighted by Crippen LogP contribution is 2.28. The maximum Gasteiger partial charge on any atom is 0.318 e. The zero-order chi connectivity index (χ0) is 25.4. The molecule has 9 heteroatoms. The largest absolute Gasteiger partial charge is 0.378 e. The van der Waals surface area contributed by atoms with E-state index in [1.807, 2.05) is 18.2 Å². The number of carbonyl (C=O) groups excluding carboxylic acids is 3. The number of piperidine rings is 1. The molecule has 1 atom stereocenters. The second-order valence-electron chi connectivity index (χ2n) is 10.2. The summed E-state index contributed by atoms with van der Waals surface area (Å²) < 4.78 is 5.34. The van der Waals surface area contributed by atoms with Crippen LogP contribution in [0, 0.1) is 17.2 Å². The average Bonchev–Trinajstić information content (AvgIpc) is 2.94. The summed E-state index contributed by atoms with van der Waals surface area (Å²) in [5.74, 6) is -0.00384. The first-order valence-corrected chi connectivity index (χ1v) is 13.2. The Morgan fingerprint density at radius 2 is 1.67 bits per heavy atom. The van der Waals surface area contributed by atoms with Crippen LogP contribution in [0.1, 0.15) is 61.7 Å². The number of nitriles is 1. The maximum absolute atomic E-state index is 13.5. The van der Waals surface area contributed by atoms with E-state index in [0.717, 1.165) is 25.7 Å². The van der Waals surface area contributed by atoms with Crippen molar-refractivity contribution >= 4 is 17.8 Å². The number of carbonyl (C=O) groups is 3. The minimum atomic E-state index is -1.06. The molecule has 2 saturated heterocycles. The fourth-order valence-corrected chi connectivity index (χ4v) is 5.44. The topological polar surface area (TPSA) is 115 Å². The quantitative estimate of drug-likeness (QED) is 0.630. The fourth-order valence-electron chi connectivity index (χ4n) is 5.44. The molecule has 36 heavy (non-hydrogen) atoms. The molecule has 1 unspecified atom stereocenters. The second-order valence-corrected chi connectivity index (χ2v) is 10.2. The van der Waals surface area contributed by atoms with Crippen molar-refractivity contribution in [2.24, 2.45) is 5.92 Å². The Bertz CT molecular complexity index is 943. The highest BCUT2D eigenvalue weighted by molar-refractivity contribution is 5.94. The Morgan fingerprint density at radius 1 is 1.00 bits per heavy atom. The standard InChI is InChI=1S/C27H37N5O4/c28-20-27(11-13-31(14-12-27)25(34)22-9-5-2-6-10-22)30-24(33)23(19-21-7-3-1-4-8-21)29-26(35)32-15-17-36-18-16-32/h2,5-6,9-10,21,23H,1,3-4,7-8,11-19H2,(H,29,35)(H,30,33). The number of likely N-dealkylation sites (tertiary alicyclic amines) is 1. The summed E-state index contributed by atoms with van der Waals surface area (Å²) in [5.41, 5.74) is -0.441. The Kier molecular flexibility index (Phi) is 8.81. The van der Waals surface area contributed by atoms with Gasteiger partial charge < -0.3 is 25.2 Å². The summed E-state index contributed by atoms with van der Waals surface area (Å²) >= 11 is 0. The number of nitrogens with one attached hydrogen (secondary N) is 2. The number of hydrogen-bond donors (Lipinski definition) is 2. The molecule has 0 radical (unpaired) electrons. The van der Waals surface area contributed by atoms with E-state index in [-0.39, 0.29) is 17.8 Å². The molecule has 0 bridgehead atoms. The van der Waals surface area contributed by atoms with Gasteiger partial charge in [-0.05, 0) is 24.5 Å². The van der Waals surface area contributed by atoms with Crippen LogP contribution in [-0.4, -0.2) is 78.6 Å². The third-order valence-electron chi connectivity index (χ3n) is 7.71. The molecule has 2 aliphatic heterocycles. The van der Waals surface area contributed by atoms with E-state index in [9.17, 15) is 19.6 Å². The van der Waals surface area contributed by atoms with Crippen molar-refractivity contribution in [3.63, 3.8) is 0 Å². The normalized spacial score (nSPS) is 21.2. The van der Waals surface area contributed by atoms with Crippen molar-refractivity contribution < 1.29 is 19.1 Å². The second kappa shape index (κ2) is 12.2. The first-order valence-electron chi connectivity index (χ1n) is 13.2. The number of amides is 4. The lowest BCUT2D eigenvalue weighted by Gasteiger charge is -2.39. The van der Waals surface area contributed by atoms with Crippen LogP contribution >= 0.6 is 0 Å². The van der Waals surface area contributed by atoms with Crippen LogP contribution in [0.15, 0.2) is 30.3 Å². The minimum Gasteiger partial charge on any atom is -0.378 e. The highest BCUT2D eigenvalue weighted by Gasteiger charge is 2.40. The van der Waals surface area contributed by atoms with Crippen LogP contribution in [0.3, 0.4) is 0 Å². The molecular weight excluding hydrogens is 458 g/mol. The number of rotatable bonds is 6. The molecule has 4 amide bonds. The number of nitrogens with zero attached hydrogens (tertiary/aromatic N) is 3. The predicted octanol–water partition coefficient (Wildman–Crippen LogP) is 2.68. The third kappa shape index (κ3) is 6.55. The van der Waals surface area contributed by atoms with Crippen LogP contribution in [0.5, 0.6) is 0 Å². The van der Waals surface area contributed by atoms with E-state index in [0.29, 0.717) is 70.1 Å². The van der Waals surface area contributed by atoms with Crippen molar-refractivity contribution in [3.8, 4) is 6.07 Å². The molecule has 1 aromatic rings. The minimum absolute atomic E-state index is 0.0681. The first-order chi connectivity index (χ1) is 17.5. The lowest BCUT2D eigenvalue weighted by atomic mass is 9.84. The Labute approximate surface area is 213 Å². The van der Waals surface area contributed by atoms with E-state index in [1.165, 1.54) is 6.42 Å². The van der Waals surface area contributed by atoms with Crippen LogP contribution in [-0.2, 0) is 9.53 Å². The maximum atomic E-state index is 13.5. The van der Waals surface area contributed by atoms with Gasteiger partial charge in [-0.2, -0.15) is 5.26 Å². The molecule has 3 fully saturated rings. The first kappa shape index (κ1) is 26.0. The molecule has 1 aliphatic carbocycles. The molecule has 1 saturated carbocycles. The Morgan fingerprint density at radius 3 is 2.31 bits per heavy atom. The number of ether oxygens (including phenoxy) is 1.